The quantitative estimate of drug-likeness (QED) is 0.424. The molecular weight excluding hydrogens is 282 g/mol. The van der Waals surface area contributed by atoms with Crippen molar-refractivity contribution in [3.63, 3.8) is 0 Å². The van der Waals surface area contributed by atoms with Crippen LogP contribution in [0, 0.1) is 0 Å². The van der Waals surface area contributed by atoms with E-state index >= 15 is 0 Å². The van der Waals surface area contributed by atoms with Crippen molar-refractivity contribution in [2.75, 3.05) is 13.7 Å². The number of urea groups is 1. The van der Waals surface area contributed by atoms with Crippen LogP contribution < -0.4 is 16.0 Å². The zero-order valence-electron chi connectivity index (χ0n) is 11.7. The molecule has 118 valence electrons. The topological polar surface area (TPSA) is 134 Å². The Kier molecular flexibility index (Phi) is 6.44. The summed E-state index contributed by atoms with van der Waals surface area (Å²) < 4.78 is 4.39. The molecule has 0 unspecified atom stereocenters. The summed E-state index contributed by atoms with van der Waals surface area (Å²) in [5.41, 5.74) is 0. The van der Waals surface area contributed by atoms with E-state index in [4.69, 9.17) is 5.11 Å². The number of nitrogens with one attached hydrogen (secondary N) is 3. The van der Waals surface area contributed by atoms with E-state index in [0.29, 0.717) is 0 Å². The molecule has 1 rings (SSSR count). The predicted molar refractivity (Wildman–Crippen MR) is 70.4 cm³/mol. The highest BCUT2D eigenvalue weighted by Gasteiger charge is 2.24. The van der Waals surface area contributed by atoms with Gasteiger partial charge in [0.05, 0.1) is 13.7 Å². The van der Waals surface area contributed by atoms with E-state index in [-0.39, 0.29) is 31.3 Å². The van der Waals surface area contributed by atoms with Crippen LogP contribution in [-0.4, -0.2) is 54.7 Å². The largest absolute Gasteiger partial charge is 0.480 e. The molecule has 1 aliphatic carbocycles. The van der Waals surface area contributed by atoms with Crippen molar-refractivity contribution in [3.05, 3.63) is 0 Å². The Labute approximate surface area is 121 Å². The number of rotatable bonds is 8. The maximum absolute atomic E-state index is 11.5. The molecule has 0 spiro atoms. The molecular formula is C12H19N3O6. The third-order valence-corrected chi connectivity index (χ3v) is 2.82. The van der Waals surface area contributed by atoms with Crippen molar-refractivity contribution in [3.8, 4) is 0 Å². The van der Waals surface area contributed by atoms with Gasteiger partial charge in [-0.2, -0.15) is 0 Å². The summed E-state index contributed by atoms with van der Waals surface area (Å²) in [6.45, 7) is -0.230. The number of ether oxygens (including phenoxy) is 1. The minimum absolute atomic E-state index is 0.0936. The minimum atomic E-state index is -1.27. The first-order valence-electron chi connectivity index (χ1n) is 6.55. The number of hydrogen-bond acceptors (Lipinski definition) is 5. The molecule has 0 heterocycles. The molecule has 0 saturated heterocycles. The second-order valence-corrected chi connectivity index (χ2v) is 4.67. The summed E-state index contributed by atoms with van der Waals surface area (Å²) in [6.07, 6.45) is 1.65. The van der Waals surface area contributed by atoms with Crippen LogP contribution in [0.3, 0.4) is 0 Å². The molecule has 0 aliphatic heterocycles. The van der Waals surface area contributed by atoms with Crippen LogP contribution in [-0.2, 0) is 19.1 Å². The molecule has 1 atom stereocenters. The van der Waals surface area contributed by atoms with Gasteiger partial charge in [0, 0.05) is 12.5 Å². The van der Waals surface area contributed by atoms with Crippen molar-refractivity contribution >= 4 is 23.9 Å². The minimum Gasteiger partial charge on any atom is -0.480 e. The number of carboxylic acids is 1. The van der Waals surface area contributed by atoms with Gasteiger partial charge in [0.25, 0.3) is 0 Å². The lowest BCUT2D eigenvalue weighted by Gasteiger charge is -2.14. The molecule has 0 aromatic carbocycles. The standard InChI is InChI=1S/C12H19N3O6/c1-21-10(17)5-4-8(11(18)19)15-12(20)13-6-9(16)14-7-2-3-7/h7-8H,2-6H2,1H3,(H,14,16)(H,18,19)(H2,13,15,20)/t8-/m1/s1. The molecule has 1 aliphatic rings. The van der Waals surface area contributed by atoms with Crippen molar-refractivity contribution in [2.24, 2.45) is 0 Å². The summed E-state index contributed by atoms with van der Waals surface area (Å²) in [7, 11) is 1.19. The van der Waals surface area contributed by atoms with Crippen LogP contribution in [0.15, 0.2) is 0 Å². The number of amides is 3. The number of carboxylic acid groups (broad SMARTS) is 1. The van der Waals surface area contributed by atoms with E-state index in [0.717, 1.165) is 12.8 Å². The molecule has 1 saturated carbocycles. The number of carbonyl (C=O) groups is 4. The van der Waals surface area contributed by atoms with Crippen molar-refractivity contribution in [1.82, 2.24) is 16.0 Å². The molecule has 0 radical (unpaired) electrons. The highest BCUT2D eigenvalue weighted by Crippen LogP contribution is 2.18. The van der Waals surface area contributed by atoms with E-state index in [9.17, 15) is 19.2 Å². The fourth-order valence-electron chi connectivity index (χ4n) is 1.50. The lowest BCUT2D eigenvalue weighted by atomic mass is 10.1. The third kappa shape index (κ3) is 7.14. The van der Waals surface area contributed by atoms with Crippen LogP contribution >= 0.6 is 0 Å². The number of esters is 1. The monoisotopic (exact) mass is 301 g/mol. The van der Waals surface area contributed by atoms with Gasteiger partial charge in [0.1, 0.15) is 6.04 Å². The zero-order chi connectivity index (χ0) is 15.8. The zero-order valence-corrected chi connectivity index (χ0v) is 11.7. The third-order valence-electron chi connectivity index (χ3n) is 2.82. The van der Waals surface area contributed by atoms with Gasteiger partial charge in [0.15, 0.2) is 0 Å². The number of methoxy groups -OCH3 is 1. The highest BCUT2D eigenvalue weighted by atomic mass is 16.5. The van der Waals surface area contributed by atoms with Crippen molar-refractivity contribution in [1.29, 1.82) is 0 Å². The van der Waals surface area contributed by atoms with Crippen LogP contribution in [0.1, 0.15) is 25.7 Å². The Balaban J connectivity index is 2.28. The predicted octanol–water partition coefficient (Wildman–Crippen LogP) is -1.03. The van der Waals surface area contributed by atoms with Crippen LogP contribution in [0.4, 0.5) is 4.79 Å². The SMILES string of the molecule is COC(=O)CC[C@@H](NC(=O)NCC(=O)NC1CC1)C(=O)O. The fourth-order valence-corrected chi connectivity index (χ4v) is 1.50. The fraction of sp³-hybridized carbons (Fsp3) is 0.667. The Morgan fingerprint density at radius 2 is 1.95 bits per heavy atom. The average molecular weight is 301 g/mol. The van der Waals surface area contributed by atoms with Gasteiger partial charge >= 0.3 is 18.0 Å². The highest BCUT2D eigenvalue weighted by molar-refractivity contribution is 5.87. The Bertz CT molecular complexity index is 421. The van der Waals surface area contributed by atoms with Crippen molar-refractivity contribution in [2.45, 2.75) is 37.8 Å². The summed E-state index contributed by atoms with van der Waals surface area (Å²) in [6, 6.07) is -1.82. The van der Waals surface area contributed by atoms with Gasteiger partial charge < -0.3 is 25.8 Å². The number of hydrogen-bond donors (Lipinski definition) is 4. The second-order valence-electron chi connectivity index (χ2n) is 4.67. The lowest BCUT2D eigenvalue weighted by molar-refractivity contribution is -0.142. The lowest BCUT2D eigenvalue weighted by Crippen LogP contribution is -2.48. The number of carbonyl (C=O) groups excluding carboxylic acids is 3. The van der Waals surface area contributed by atoms with E-state index in [2.05, 4.69) is 20.7 Å². The van der Waals surface area contributed by atoms with Crippen LogP contribution in [0.2, 0.25) is 0 Å². The van der Waals surface area contributed by atoms with Gasteiger partial charge in [-0.15, -0.1) is 0 Å². The smallest absolute Gasteiger partial charge is 0.326 e. The van der Waals surface area contributed by atoms with Crippen LogP contribution in [0.5, 0.6) is 0 Å². The van der Waals surface area contributed by atoms with E-state index < -0.39 is 24.0 Å². The molecule has 4 N–H and O–H groups in total. The van der Waals surface area contributed by atoms with E-state index in [1.807, 2.05) is 0 Å². The van der Waals surface area contributed by atoms with E-state index in [1.165, 1.54) is 7.11 Å². The van der Waals surface area contributed by atoms with Gasteiger partial charge in [-0.05, 0) is 19.3 Å². The Morgan fingerprint density at radius 3 is 2.48 bits per heavy atom. The summed E-state index contributed by atoms with van der Waals surface area (Å²) in [5.74, 6) is -2.15. The first kappa shape index (κ1) is 16.7. The maximum Gasteiger partial charge on any atom is 0.326 e. The molecule has 9 heteroatoms. The Morgan fingerprint density at radius 1 is 1.29 bits per heavy atom. The number of aliphatic carboxylic acids is 1. The summed E-state index contributed by atoms with van der Waals surface area (Å²) >= 11 is 0. The Hall–Kier alpha value is -2.32. The summed E-state index contributed by atoms with van der Waals surface area (Å²) in [4.78, 5) is 44.7. The van der Waals surface area contributed by atoms with Gasteiger partial charge in [-0.25, -0.2) is 9.59 Å². The molecule has 0 bridgehead atoms. The first-order chi connectivity index (χ1) is 9.92. The van der Waals surface area contributed by atoms with Crippen molar-refractivity contribution < 1.29 is 29.0 Å². The molecule has 0 aromatic rings. The first-order valence-corrected chi connectivity index (χ1v) is 6.55. The summed E-state index contributed by atoms with van der Waals surface area (Å²) in [5, 5.41) is 16.1. The van der Waals surface area contributed by atoms with Gasteiger partial charge in [0.2, 0.25) is 5.91 Å². The average Bonchev–Trinajstić information content (AvgIpc) is 3.24. The van der Waals surface area contributed by atoms with Crippen LogP contribution in [0.25, 0.3) is 0 Å². The van der Waals surface area contributed by atoms with Gasteiger partial charge in [-0.1, -0.05) is 0 Å². The van der Waals surface area contributed by atoms with E-state index in [1.54, 1.807) is 0 Å². The molecule has 9 nitrogen and oxygen atoms in total. The molecule has 3 amide bonds. The normalized spacial score (nSPS) is 14.7. The molecule has 1 fully saturated rings. The maximum atomic E-state index is 11.5. The molecule has 0 aromatic heterocycles. The molecule has 21 heavy (non-hydrogen) atoms. The van der Waals surface area contributed by atoms with Gasteiger partial charge in [-0.3, -0.25) is 9.59 Å². The second kappa shape index (κ2) is 8.08.